The van der Waals surface area contributed by atoms with Crippen LogP contribution in [0.25, 0.3) is 0 Å². The highest BCUT2D eigenvalue weighted by molar-refractivity contribution is 7.41. The van der Waals surface area contributed by atoms with E-state index in [4.69, 9.17) is 0 Å². The lowest BCUT2D eigenvalue weighted by molar-refractivity contribution is 0.832. The van der Waals surface area contributed by atoms with Crippen molar-refractivity contribution in [2.75, 3.05) is 6.66 Å². The van der Waals surface area contributed by atoms with E-state index in [0.29, 0.717) is 8.58 Å². The van der Waals surface area contributed by atoms with Crippen LogP contribution in [0.2, 0.25) is 0 Å². The molecule has 0 fully saturated rings. The van der Waals surface area contributed by atoms with Crippen LogP contribution in [0.1, 0.15) is 40.0 Å². The van der Waals surface area contributed by atoms with E-state index in [2.05, 4.69) is 49.2 Å². The Morgan fingerprint density at radius 3 is 2.35 bits per heavy atom. The zero-order valence-corrected chi connectivity index (χ0v) is 14.3. The maximum Gasteiger partial charge on any atom is 0.0539 e. The minimum Gasteiger partial charge on any atom is -0.359 e. The van der Waals surface area contributed by atoms with Gasteiger partial charge in [-0.05, 0) is 32.0 Å². The SMILES string of the molecule is C=C(C)C/C(NC(=C)PC)=C(\CC)C(=C)N/N=C\CC. The average molecular weight is 293 g/mol. The fourth-order valence-corrected chi connectivity index (χ4v) is 1.94. The Kier molecular flexibility index (Phi) is 9.75. The highest BCUT2D eigenvalue weighted by Crippen LogP contribution is 2.23. The molecule has 0 heterocycles. The second-order valence-electron chi connectivity index (χ2n) is 4.61. The molecule has 0 aliphatic rings. The molecule has 112 valence electrons. The first-order chi connectivity index (χ1) is 9.46. The molecule has 0 bridgehead atoms. The molecule has 0 saturated carbocycles. The molecule has 0 aromatic heterocycles. The zero-order chi connectivity index (χ0) is 15.5. The first-order valence-electron chi connectivity index (χ1n) is 6.93. The van der Waals surface area contributed by atoms with Crippen LogP contribution in [0.4, 0.5) is 0 Å². The van der Waals surface area contributed by atoms with Crippen LogP contribution in [-0.2, 0) is 0 Å². The Bertz CT molecular complexity index is 419. The highest BCUT2D eigenvalue weighted by atomic mass is 31.1. The van der Waals surface area contributed by atoms with Crippen LogP contribution in [0.3, 0.4) is 0 Å². The van der Waals surface area contributed by atoms with Gasteiger partial charge in [0, 0.05) is 23.8 Å². The van der Waals surface area contributed by atoms with Crippen molar-refractivity contribution in [3.63, 3.8) is 0 Å². The summed E-state index contributed by atoms with van der Waals surface area (Å²) in [6, 6.07) is 0. The lowest BCUT2D eigenvalue weighted by atomic mass is 10.0. The van der Waals surface area contributed by atoms with Crippen molar-refractivity contribution in [2.24, 2.45) is 5.10 Å². The van der Waals surface area contributed by atoms with Crippen molar-refractivity contribution >= 4 is 14.8 Å². The van der Waals surface area contributed by atoms with Gasteiger partial charge in [0.2, 0.25) is 0 Å². The van der Waals surface area contributed by atoms with E-state index in [1.165, 1.54) is 0 Å². The molecule has 1 atom stereocenters. The van der Waals surface area contributed by atoms with E-state index in [9.17, 15) is 0 Å². The lowest BCUT2D eigenvalue weighted by Crippen LogP contribution is -2.17. The smallest absolute Gasteiger partial charge is 0.0539 e. The predicted octanol–water partition coefficient (Wildman–Crippen LogP) is 4.48. The van der Waals surface area contributed by atoms with Crippen LogP contribution in [-0.4, -0.2) is 12.9 Å². The summed E-state index contributed by atoms with van der Waals surface area (Å²) in [7, 11) is 0.661. The third-order valence-corrected chi connectivity index (χ3v) is 3.37. The molecule has 0 spiro atoms. The molecule has 0 aromatic carbocycles. The summed E-state index contributed by atoms with van der Waals surface area (Å²) in [5.74, 6) is 0. The van der Waals surface area contributed by atoms with Gasteiger partial charge in [-0.1, -0.05) is 47.7 Å². The van der Waals surface area contributed by atoms with Crippen LogP contribution in [0, 0.1) is 0 Å². The molecule has 0 rings (SSSR count). The monoisotopic (exact) mass is 293 g/mol. The second kappa shape index (κ2) is 10.4. The molecule has 4 heteroatoms. The van der Waals surface area contributed by atoms with E-state index in [1.807, 2.05) is 20.1 Å². The first-order valence-corrected chi connectivity index (χ1v) is 8.43. The summed E-state index contributed by atoms with van der Waals surface area (Å²) < 4.78 is 0. The number of hydrogen-bond acceptors (Lipinski definition) is 3. The number of nitrogens with one attached hydrogen (secondary N) is 2. The van der Waals surface area contributed by atoms with Gasteiger partial charge in [-0.3, -0.25) is 5.43 Å². The molecule has 1 unspecified atom stereocenters. The largest absolute Gasteiger partial charge is 0.359 e. The maximum absolute atomic E-state index is 4.14. The van der Waals surface area contributed by atoms with Crippen molar-refractivity contribution in [3.8, 4) is 0 Å². The molecular formula is C16H28N3P. The summed E-state index contributed by atoms with van der Waals surface area (Å²) >= 11 is 0. The number of hydrogen-bond donors (Lipinski definition) is 2. The predicted molar refractivity (Wildman–Crippen MR) is 94.3 cm³/mol. The standard InChI is InChI=1S/C16H28N3P/c1-8-10-17-19-13(5)15(9-2)16(11-12(3)4)18-14(6)20-7/h10,18-20H,3,5-6,8-9,11H2,1-2,4,7H3/b16-15-,17-10-. The molecule has 2 N–H and O–H groups in total. The topological polar surface area (TPSA) is 36.4 Å². The molecular weight excluding hydrogens is 265 g/mol. The zero-order valence-electron chi connectivity index (χ0n) is 13.3. The molecule has 20 heavy (non-hydrogen) atoms. The van der Waals surface area contributed by atoms with Crippen LogP contribution >= 0.6 is 8.58 Å². The van der Waals surface area contributed by atoms with Gasteiger partial charge in [0.1, 0.15) is 0 Å². The fraction of sp³-hybridized carbons (Fsp3) is 0.438. The summed E-state index contributed by atoms with van der Waals surface area (Å²) in [4.78, 5) is 0. The van der Waals surface area contributed by atoms with Crippen molar-refractivity contribution in [1.82, 2.24) is 10.7 Å². The van der Waals surface area contributed by atoms with Crippen molar-refractivity contribution in [3.05, 3.63) is 47.7 Å². The van der Waals surface area contributed by atoms with Crippen molar-refractivity contribution in [1.29, 1.82) is 0 Å². The molecule has 0 aliphatic heterocycles. The van der Waals surface area contributed by atoms with Crippen LogP contribution in [0.15, 0.2) is 52.8 Å². The molecule has 0 aliphatic carbocycles. The Morgan fingerprint density at radius 2 is 1.90 bits per heavy atom. The third kappa shape index (κ3) is 7.30. The van der Waals surface area contributed by atoms with Gasteiger partial charge in [0.15, 0.2) is 0 Å². The van der Waals surface area contributed by atoms with E-state index in [-0.39, 0.29) is 0 Å². The van der Waals surface area contributed by atoms with Crippen LogP contribution in [0.5, 0.6) is 0 Å². The number of hydrazone groups is 1. The summed E-state index contributed by atoms with van der Waals surface area (Å²) in [5.41, 5.74) is 8.21. The quantitative estimate of drug-likeness (QED) is 0.205. The lowest BCUT2D eigenvalue weighted by Gasteiger charge is -2.19. The van der Waals surface area contributed by atoms with E-state index in [0.717, 1.165) is 47.2 Å². The summed E-state index contributed by atoms with van der Waals surface area (Å²) in [5, 5.41) is 7.54. The Labute approximate surface area is 125 Å². The molecule has 0 amide bonds. The van der Waals surface area contributed by atoms with E-state index in [1.54, 1.807) is 0 Å². The molecule has 0 radical (unpaired) electrons. The maximum atomic E-state index is 4.14. The fourth-order valence-electron chi connectivity index (χ4n) is 1.66. The Morgan fingerprint density at radius 1 is 1.25 bits per heavy atom. The number of rotatable bonds is 10. The first kappa shape index (κ1) is 18.7. The molecule has 0 aromatic rings. The van der Waals surface area contributed by atoms with Crippen molar-refractivity contribution in [2.45, 2.75) is 40.0 Å². The van der Waals surface area contributed by atoms with Crippen LogP contribution < -0.4 is 10.7 Å². The normalized spacial score (nSPS) is 12.6. The van der Waals surface area contributed by atoms with Crippen molar-refractivity contribution < 1.29 is 0 Å². The van der Waals surface area contributed by atoms with Gasteiger partial charge in [0.25, 0.3) is 0 Å². The molecule has 3 nitrogen and oxygen atoms in total. The van der Waals surface area contributed by atoms with Gasteiger partial charge in [0.05, 0.1) is 5.70 Å². The van der Waals surface area contributed by atoms with Gasteiger partial charge < -0.3 is 5.32 Å². The minimum absolute atomic E-state index is 0.661. The van der Waals surface area contributed by atoms with Gasteiger partial charge in [-0.15, -0.1) is 0 Å². The van der Waals surface area contributed by atoms with Gasteiger partial charge >= 0.3 is 0 Å². The van der Waals surface area contributed by atoms with Gasteiger partial charge in [-0.2, -0.15) is 5.10 Å². The Hall–Kier alpha value is -1.34. The number of nitrogens with zero attached hydrogens (tertiary/aromatic N) is 1. The summed E-state index contributed by atoms with van der Waals surface area (Å²) in [6.07, 6.45) is 4.40. The Balaban J connectivity index is 5.23. The average Bonchev–Trinajstić information content (AvgIpc) is 2.38. The molecule has 0 saturated heterocycles. The number of allylic oxidation sites excluding steroid dienone is 2. The van der Waals surface area contributed by atoms with E-state index >= 15 is 0 Å². The minimum atomic E-state index is 0.661. The summed E-state index contributed by atoms with van der Waals surface area (Å²) in [6.45, 7) is 20.4. The second-order valence-corrected chi connectivity index (χ2v) is 5.71. The van der Waals surface area contributed by atoms with Gasteiger partial charge in [-0.25, -0.2) is 0 Å². The highest BCUT2D eigenvalue weighted by Gasteiger charge is 2.09. The third-order valence-electron chi connectivity index (χ3n) is 2.64. The van der Waals surface area contributed by atoms with E-state index < -0.39 is 0 Å².